The maximum absolute atomic E-state index is 5.85. The van der Waals surface area contributed by atoms with Crippen LogP contribution >= 0.6 is 23.2 Å². The first-order valence-corrected chi connectivity index (χ1v) is 4.76. The van der Waals surface area contributed by atoms with Crippen molar-refractivity contribution in [1.82, 2.24) is 5.32 Å². The standard InChI is InChI=1S/C10H11Cl2N/c1-13-6-2-3-8-4-5-9(11)10(12)7-8/h2-5,7,13H,6H2,1H3/b3-2+. The lowest BCUT2D eigenvalue weighted by atomic mass is 10.2. The average molecular weight is 216 g/mol. The summed E-state index contributed by atoms with van der Waals surface area (Å²) in [6.45, 7) is 0.847. The smallest absolute Gasteiger partial charge is 0.0598 e. The summed E-state index contributed by atoms with van der Waals surface area (Å²) >= 11 is 11.6. The summed E-state index contributed by atoms with van der Waals surface area (Å²) in [6.07, 6.45) is 4.03. The Morgan fingerprint density at radius 1 is 1.31 bits per heavy atom. The highest BCUT2D eigenvalue weighted by atomic mass is 35.5. The molecular formula is C10H11Cl2N. The Kier molecular flexibility index (Phi) is 4.29. The molecule has 70 valence electrons. The summed E-state index contributed by atoms with van der Waals surface area (Å²) < 4.78 is 0. The quantitative estimate of drug-likeness (QED) is 0.817. The van der Waals surface area contributed by atoms with Crippen molar-refractivity contribution in [2.75, 3.05) is 13.6 Å². The van der Waals surface area contributed by atoms with Gasteiger partial charge in [-0.2, -0.15) is 0 Å². The SMILES string of the molecule is CNC/C=C/c1ccc(Cl)c(Cl)c1. The molecule has 0 unspecified atom stereocenters. The predicted octanol–water partition coefficient (Wildman–Crippen LogP) is 3.23. The number of halogens is 2. The van der Waals surface area contributed by atoms with Crippen LogP contribution in [-0.2, 0) is 0 Å². The van der Waals surface area contributed by atoms with Crippen molar-refractivity contribution in [3.05, 3.63) is 39.9 Å². The molecule has 0 radical (unpaired) electrons. The van der Waals surface area contributed by atoms with E-state index in [0.29, 0.717) is 10.0 Å². The Balaban J connectivity index is 2.73. The number of hydrogen-bond donors (Lipinski definition) is 1. The van der Waals surface area contributed by atoms with E-state index in [4.69, 9.17) is 23.2 Å². The fourth-order valence-corrected chi connectivity index (χ4v) is 1.24. The molecule has 3 heteroatoms. The molecule has 0 aliphatic heterocycles. The average Bonchev–Trinajstić information content (AvgIpc) is 2.12. The molecule has 1 N–H and O–H groups in total. The van der Waals surface area contributed by atoms with Gasteiger partial charge in [-0.05, 0) is 24.7 Å². The second-order valence-electron chi connectivity index (χ2n) is 2.63. The van der Waals surface area contributed by atoms with Gasteiger partial charge in [-0.3, -0.25) is 0 Å². The van der Waals surface area contributed by atoms with E-state index in [1.54, 1.807) is 6.07 Å². The minimum atomic E-state index is 0.590. The van der Waals surface area contributed by atoms with Gasteiger partial charge in [0.2, 0.25) is 0 Å². The third-order valence-corrected chi connectivity index (χ3v) is 2.31. The third kappa shape index (κ3) is 3.39. The van der Waals surface area contributed by atoms with E-state index in [9.17, 15) is 0 Å². The summed E-state index contributed by atoms with van der Waals surface area (Å²) in [5.41, 5.74) is 1.06. The van der Waals surface area contributed by atoms with Crippen LogP contribution in [0, 0.1) is 0 Å². The van der Waals surface area contributed by atoms with Crippen LogP contribution in [0.3, 0.4) is 0 Å². The van der Waals surface area contributed by atoms with Crippen LogP contribution in [0.1, 0.15) is 5.56 Å². The lowest BCUT2D eigenvalue weighted by molar-refractivity contribution is 0.922. The molecule has 0 atom stereocenters. The van der Waals surface area contributed by atoms with E-state index in [0.717, 1.165) is 12.1 Å². The third-order valence-electron chi connectivity index (χ3n) is 1.58. The highest BCUT2D eigenvalue weighted by molar-refractivity contribution is 6.42. The molecule has 0 saturated carbocycles. The van der Waals surface area contributed by atoms with Crippen molar-refractivity contribution >= 4 is 29.3 Å². The van der Waals surface area contributed by atoms with Gasteiger partial charge in [0.1, 0.15) is 0 Å². The molecule has 1 rings (SSSR count). The topological polar surface area (TPSA) is 12.0 Å². The molecule has 13 heavy (non-hydrogen) atoms. The van der Waals surface area contributed by atoms with E-state index in [1.807, 2.05) is 31.3 Å². The molecule has 0 spiro atoms. The maximum Gasteiger partial charge on any atom is 0.0598 e. The van der Waals surface area contributed by atoms with Gasteiger partial charge in [0.25, 0.3) is 0 Å². The number of hydrogen-bond acceptors (Lipinski definition) is 1. The van der Waals surface area contributed by atoms with Crippen molar-refractivity contribution in [2.24, 2.45) is 0 Å². The normalized spacial score (nSPS) is 11.0. The molecule has 0 bridgehead atoms. The Bertz CT molecular complexity index is 308. The molecular weight excluding hydrogens is 205 g/mol. The Hall–Kier alpha value is -0.500. The van der Waals surface area contributed by atoms with Gasteiger partial charge < -0.3 is 5.32 Å². The number of likely N-dealkylation sites (N-methyl/N-ethyl adjacent to an activating group) is 1. The molecule has 0 fully saturated rings. The van der Waals surface area contributed by atoms with Crippen LogP contribution in [0.2, 0.25) is 10.0 Å². The molecule has 0 saturated heterocycles. The van der Waals surface area contributed by atoms with Crippen LogP contribution in [0.15, 0.2) is 24.3 Å². The Labute approximate surface area is 88.4 Å². The molecule has 1 aromatic carbocycles. The molecule has 0 aliphatic rings. The fraction of sp³-hybridized carbons (Fsp3) is 0.200. The Morgan fingerprint density at radius 3 is 2.69 bits per heavy atom. The van der Waals surface area contributed by atoms with E-state index >= 15 is 0 Å². The number of benzene rings is 1. The first-order valence-electron chi connectivity index (χ1n) is 4.00. The van der Waals surface area contributed by atoms with Gasteiger partial charge in [0.15, 0.2) is 0 Å². The summed E-state index contributed by atoms with van der Waals surface area (Å²) in [6, 6.07) is 5.57. The van der Waals surface area contributed by atoms with Crippen molar-refractivity contribution in [3.8, 4) is 0 Å². The molecule has 0 amide bonds. The monoisotopic (exact) mass is 215 g/mol. The zero-order valence-electron chi connectivity index (χ0n) is 7.35. The maximum atomic E-state index is 5.85. The fourth-order valence-electron chi connectivity index (χ4n) is 0.929. The summed E-state index contributed by atoms with van der Waals surface area (Å²) in [5, 5.41) is 4.20. The molecule has 1 aromatic rings. The van der Waals surface area contributed by atoms with Crippen molar-refractivity contribution < 1.29 is 0 Å². The second-order valence-corrected chi connectivity index (χ2v) is 3.45. The summed E-state index contributed by atoms with van der Waals surface area (Å²) in [5.74, 6) is 0. The van der Waals surface area contributed by atoms with Gasteiger partial charge in [-0.15, -0.1) is 0 Å². The van der Waals surface area contributed by atoms with Crippen LogP contribution < -0.4 is 5.32 Å². The summed E-state index contributed by atoms with van der Waals surface area (Å²) in [7, 11) is 1.90. The van der Waals surface area contributed by atoms with Crippen molar-refractivity contribution in [1.29, 1.82) is 0 Å². The zero-order chi connectivity index (χ0) is 9.68. The highest BCUT2D eigenvalue weighted by Crippen LogP contribution is 2.22. The van der Waals surface area contributed by atoms with Gasteiger partial charge in [-0.1, -0.05) is 41.4 Å². The molecule has 0 aromatic heterocycles. The van der Waals surface area contributed by atoms with Crippen molar-refractivity contribution in [2.45, 2.75) is 0 Å². The number of nitrogens with one attached hydrogen (secondary N) is 1. The molecule has 0 aliphatic carbocycles. The number of rotatable bonds is 3. The largest absolute Gasteiger partial charge is 0.316 e. The van der Waals surface area contributed by atoms with E-state index in [1.165, 1.54) is 0 Å². The zero-order valence-corrected chi connectivity index (χ0v) is 8.86. The van der Waals surface area contributed by atoms with E-state index < -0.39 is 0 Å². The van der Waals surface area contributed by atoms with Crippen LogP contribution in [0.4, 0.5) is 0 Å². The van der Waals surface area contributed by atoms with Crippen LogP contribution in [0.5, 0.6) is 0 Å². The van der Waals surface area contributed by atoms with Gasteiger partial charge in [0.05, 0.1) is 10.0 Å². The second kappa shape index (κ2) is 5.28. The Morgan fingerprint density at radius 2 is 2.08 bits per heavy atom. The minimum absolute atomic E-state index is 0.590. The van der Waals surface area contributed by atoms with Gasteiger partial charge >= 0.3 is 0 Å². The van der Waals surface area contributed by atoms with Gasteiger partial charge in [-0.25, -0.2) is 0 Å². The first kappa shape index (κ1) is 10.6. The van der Waals surface area contributed by atoms with E-state index in [2.05, 4.69) is 5.32 Å². The first-order chi connectivity index (χ1) is 6.24. The summed E-state index contributed by atoms with van der Waals surface area (Å²) in [4.78, 5) is 0. The molecule has 0 heterocycles. The van der Waals surface area contributed by atoms with E-state index in [-0.39, 0.29) is 0 Å². The van der Waals surface area contributed by atoms with Gasteiger partial charge in [0, 0.05) is 6.54 Å². The van der Waals surface area contributed by atoms with Crippen LogP contribution in [-0.4, -0.2) is 13.6 Å². The highest BCUT2D eigenvalue weighted by Gasteiger charge is 1.95. The minimum Gasteiger partial charge on any atom is -0.316 e. The lowest BCUT2D eigenvalue weighted by Gasteiger charge is -1.97. The van der Waals surface area contributed by atoms with Crippen LogP contribution in [0.25, 0.3) is 6.08 Å². The molecule has 1 nitrogen and oxygen atoms in total. The lowest BCUT2D eigenvalue weighted by Crippen LogP contribution is -2.03. The van der Waals surface area contributed by atoms with Crippen molar-refractivity contribution in [3.63, 3.8) is 0 Å². The predicted molar refractivity (Wildman–Crippen MR) is 59.4 cm³/mol.